The van der Waals surface area contributed by atoms with Crippen molar-refractivity contribution in [3.8, 4) is 5.75 Å². The molecule has 0 radical (unpaired) electrons. The predicted molar refractivity (Wildman–Crippen MR) is 67.0 cm³/mol. The van der Waals surface area contributed by atoms with Crippen molar-refractivity contribution in [3.63, 3.8) is 0 Å². The number of hydrogen-bond donors (Lipinski definition) is 0. The van der Waals surface area contributed by atoms with Crippen LogP contribution in [0.3, 0.4) is 0 Å². The molecule has 1 aliphatic heterocycles. The van der Waals surface area contributed by atoms with E-state index in [4.69, 9.17) is 9.47 Å². The lowest BCUT2D eigenvalue weighted by Gasteiger charge is -2.24. The molecule has 0 saturated carbocycles. The van der Waals surface area contributed by atoms with Gasteiger partial charge in [-0.2, -0.15) is 0 Å². The summed E-state index contributed by atoms with van der Waals surface area (Å²) in [5.41, 5.74) is 1.46. The molecule has 1 aliphatic rings. The van der Waals surface area contributed by atoms with Crippen molar-refractivity contribution in [2.75, 3.05) is 7.11 Å². The number of esters is 1. The van der Waals surface area contributed by atoms with Crippen molar-refractivity contribution in [2.24, 2.45) is 0 Å². The van der Waals surface area contributed by atoms with Crippen LogP contribution < -0.4 is 4.74 Å². The number of fused-ring (bicyclic) bond motifs is 1. The molecule has 3 nitrogen and oxygen atoms in total. The van der Waals surface area contributed by atoms with Gasteiger partial charge >= 0.3 is 5.97 Å². The van der Waals surface area contributed by atoms with E-state index in [1.807, 2.05) is 13.0 Å². The minimum Gasteiger partial charge on any atom is -0.495 e. The van der Waals surface area contributed by atoms with E-state index in [1.165, 1.54) is 0 Å². The number of carbonyl (C=O) groups excluding carboxylic acids is 1. The molecule has 0 aromatic heterocycles. The van der Waals surface area contributed by atoms with Crippen LogP contribution in [-0.4, -0.2) is 19.2 Å². The summed E-state index contributed by atoms with van der Waals surface area (Å²) in [5.74, 6) is 0.211. The molecular formula is C11H10Br2O3. The summed E-state index contributed by atoms with van der Waals surface area (Å²) in [6.45, 7) is 1.88. The van der Waals surface area contributed by atoms with E-state index in [0.717, 1.165) is 14.5 Å². The molecule has 0 bridgehead atoms. The Kier molecular flexibility index (Phi) is 3.26. The number of benzene rings is 1. The van der Waals surface area contributed by atoms with Crippen LogP contribution in [0.4, 0.5) is 0 Å². The summed E-state index contributed by atoms with van der Waals surface area (Å²) in [5, 5.41) is 0. The molecule has 0 saturated heterocycles. The summed E-state index contributed by atoms with van der Waals surface area (Å²) in [7, 11) is 1.54. The number of rotatable bonds is 1. The average molecular weight is 350 g/mol. The van der Waals surface area contributed by atoms with Crippen LogP contribution in [0.5, 0.6) is 5.75 Å². The molecule has 1 heterocycles. The average Bonchev–Trinajstić information content (AvgIpc) is 2.20. The monoisotopic (exact) mass is 348 g/mol. The SMILES string of the molecule is COc1c(Br)cc(Br)c2c1C(=O)OC(C)C2. The number of hydrogen-bond acceptors (Lipinski definition) is 3. The molecule has 1 unspecified atom stereocenters. The van der Waals surface area contributed by atoms with Gasteiger partial charge in [0, 0.05) is 10.9 Å². The summed E-state index contributed by atoms with van der Waals surface area (Å²) >= 11 is 6.82. The first-order valence-electron chi connectivity index (χ1n) is 4.80. The van der Waals surface area contributed by atoms with Crippen molar-refractivity contribution in [1.82, 2.24) is 0 Å². The number of halogens is 2. The first kappa shape index (κ1) is 11.9. The number of ether oxygens (including phenoxy) is 2. The first-order chi connectivity index (χ1) is 7.54. The van der Waals surface area contributed by atoms with Crippen molar-refractivity contribution < 1.29 is 14.3 Å². The Labute approximate surface area is 110 Å². The molecule has 1 aromatic carbocycles. The van der Waals surface area contributed by atoms with Gasteiger partial charge in [0.05, 0.1) is 11.6 Å². The highest BCUT2D eigenvalue weighted by Crippen LogP contribution is 2.39. The summed E-state index contributed by atoms with van der Waals surface area (Å²) < 4.78 is 12.1. The first-order valence-corrected chi connectivity index (χ1v) is 6.39. The van der Waals surface area contributed by atoms with Gasteiger partial charge in [-0.05, 0) is 34.5 Å². The molecule has 1 aromatic rings. The quantitative estimate of drug-likeness (QED) is 0.729. The highest BCUT2D eigenvalue weighted by molar-refractivity contribution is 9.11. The second-order valence-electron chi connectivity index (χ2n) is 3.65. The zero-order valence-electron chi connectivity index (χ0n) is 8.84. The Balaban J connectivity index is 2.69. The second-order valence-corrected chi connectivity index (χ2v) is 5.36. The fourth-order valence-corrected chi connectivity index (χ4v) is 3.31. The normalized spacial score (nSPS) is 19.0. The maximum atomic E-state index is 11.8. The zero-order valence-corrected chi connectivity index (χ0v) is 12.0. The molecule has 1 atom stereocenters. The maximum absolute atomic E-state index is 11.8. The van der Waals surface area contributed by atoms with E-state index in [0.29, 0.717) is 17.7 Å². The molecule has 0 amide bonds. The lowest BCUT2D eigenvalue weighted by atomic mass is 9.98. The van der Waals surface area contributed by atoms with E-state index in [-0.39, 0.29) is 12.1 Å². The van der Waals surface area contributed by atoms with Gasteiger partial charge in [-0.3, -0.25) is 0 Å². The van der Waals surface area contributed by atoms with Crippen LogP contribution in [0, 0.1) is 0 Å². The van der Waals surface area contributed by atoms with Crippen LogP contribution in [0.25, 0.3) is 0 Å². The van der Waals surface area contributed by atoms with Crippen molar-refractivity contribution >= 4 is 37.8 Å². The van der Waals surface area contributed by atoms with Crippen LogP contribution in [-0.2, 0) is 11.2 Å². The lowest BCUT2D eigenvalue weighted by molar-refractivity contribution is 0.0295. The van der Waals surface area contributed by atoms with Gasteiger partial charge in [0.15, 0.2) is 0 Å². The van der Waals surface area contributed by atoms with Gasteiger partial charge < -0.3 is 9.47 Å². The van der Waals surface area contributed by atoms with Crippen LogP contribution in [0.15, 0.2) is 15.0 Å². The molecule has 2 rings (SSSR count). The third-order valence-corrected chi connectivity index (χ3v) is 3.79. The largest absolute Gasteiger partial charge is 0.495 e. The minimum absolute atomic E-state index is 0.0952. The topological polar surface area (TPSA) is 35.5 Å². The third-order valence-electron chi connectivity index (χ3n) is 2.50. The van der Waals surface area contributed by atoms with Crippen LogP contribution in [0.1, 0.15) is 22.8 Å². The Morgan fingerprint density at radius 2 is 2.12 bits per heavy atom. The minimum atomic E-state index is -0.326. The third kappa shape index (κ3) is 1.86. The Hall–Kier alpha value is -0.550. The molecule has 0 N–H and O–H groups in total. The molecule has 0 spiro atoms. The van der Waals surface area contributed by atoms with Gasteiger partial charge in [-0.25, -0.2) is 4.79 Å². The Morgan fingerprint density at radius 1 is 1.44 bits per heavy atom. The molecule has 86 valence electrons. The smallest absolute Gasteiger partial charge is 0.342 e. The molecular weight excluding hydrogens is 340 g/mol. The molecule has 0 aliphatic carbocycles. The van der Waals surface area contributed by atoms with Crippen molar-refractivity contribution in [2.45, 2.75) is 19.4 Å². The van der Waals surface area contributed by atoms with Gasteiger partial charge in [0.2, 0.25) is 0 Å². The molecule has 5 heteroatoms. The highest BCUT2D eigenvalue weighted by Gasteiger charge is 2.30. The Bertz CT molecular complexity index is 457. The molecule has 16 heavy (non-hydrogen) atoms. The summed E-state index contributed by atoms with van der Waals surface area (Å²) in [4.78, 5) is 11.8. The predicted octanol–water partition coefficient (Wildman–Crippen LogP) is 3.32. The van der Waals surface area contributed by atoms with Crippen LogP contribution in [0.2, 0.25) is 0 Å². The maximum Gasteiger partial charge on any atom is 0.342 e. The Morgan fingerprint density at radius 3 is 2.75 bits per heavy atom. The standard InChI is InChI=1S/C11H10Br2O3/c1-5-3-6-7(12)4-8(13)10(15-2)9(6)11(14)16-5/h4-5H,3H2,1-2H3. The van der Waals surface area contributed by atoms with E-state index < -0.39 is 0 Å². The van der Waals surface area contributed by atoms with Crippen molar-refractivity contribution in [3.05, 3.63) is 26.1 Å². The number of methoxy groups -OCH3 is 1. The van der Waals surface area contributed by atoms with Gasteiger partial charge in [0.1, 0.15) is 17.4 Å². The zero-order chi connectivity index (χ0) is 11.9. The molecule has 0 fully saturated rings. The highest BCUT2D eigenvalue weighted by atomic mass is 79.9. The van der Waals surface area contributed by atoms with E-state index in [1.54, 1.807) is 7.11 Å². The van der Waals surface area contributed by atoms with Gasteiger partial charge in [0.25, 0.3) is 0 Å². The van der Waals surface area contributed by atoms with Crippen molar-refractivity contribution in [1.29, 1.82) is 0 Å². The summed E-state index contributed by atoms with van der Waals surface area (Å²) in [6.07, 6.45) is 0.604. The fourth-order valence-electron chi connectivity index (χ4n) is 1.83. The van der Waals surface area contributed by atoms with Gasteiger partial charge in [-0.1, -0.05) is 15.9 Å². The summed E-state index contributed by atoms with van der Waals surface area (Å²) in [6, 6.07) is 1.89. The van der Waals surface area contributed by atoms with E-state index in [2.05, 4.69) is 31.9 Å². The fraction of sp³-hybridized carbons (Fsp3) is 0.364. The van der Waals surface area contributed by atoms with E-state index >= 15 is 0 Å². The lowest BCUT2D eigenvalue weighted by Crippen LogP contribution is -2.26. The number of carbonyl (C=O) groups is 1. The second kappa shape index (κ2) is 4.37. The van der Waals surface area contributed by atoms with Crippen LogP contribution >= 0.6 is 31.9 Å². The van der Waals surface area contributed by atoms with Gasteiger partial charge in [-0.15, -0.1) is 0 Å². The van der Waals surface area contributed by atoms with E-state index in [9.17, 15) is 4.79 Å². The number of cyclic esters (lactones) is 1.